The Morgan fingerprint density at radius 2 is 0.674 bits per heavy atom. The molecule has 13 heteroatoms. The van der Waals surface area contributed by atoms with Crippen molar-refractivity contribution in [3.05, 3.63) is 119 Å². The summed E-state index contributed by atoms with van der Waals surface area (Å²) in [7, 11) is -0.226. The molecule has 8 radical (unpaired) electrons. The largest absolute Gasteiger partial charge is 3.00 e. The van der Waals surface area contributed by atoms with Crippen LogP contribution in [0.4, 0.5) is 0 Å². The molecule has 0 bridgehead atoms. The molecular formula is C30H39B2N10Sm+. The zero-order chi connectivity index (χ0) is 30.3. The van der Waals surface area contributed by atoms with Crippen molar-refractivity contribution in [2.75, 3.05) is 0 Å². The van der Waals surface area contributed by atoms with Gasteiger partial charge in [0.1, 0.15) is 6.98 Å². The van der Waals surface area contributed by atoms with E-state index in [2.05, 4.69) is 116 Å². The molecule has 0 N–H and O–H groups in total. The van der Waals surface area contributed by atoms with Crippen LogP contribution in [0, 0.1) is 141 Å². The standard InChI is InChI=1S/C15H21BN6.C15H18BN4.Sm/c1-10-7-13(4)20(17-10)16(21-14(5)8-11(2)18-21)22-15(6)9-12(3)19-22;1-11-9-13(3)19(17-11)16(15-7-5-6-8-15)20-14(4)10-12(2)18-20;/h7-9H,1-6H3;5-10H,1-4H3;/q2*-1;+3. The third-order valence-electron chi connectivity index (χ3n) is 7.33. The van der Waals surface area contributed by atoms with Gasteiger partial charge in [0, 0.05) is 0 Å². The third kappa shape index (κ3) is 7.10. The topological polar surface area (TPSA) is 89.1 Å². The Morgan fingerprint density at radius 3 is 0.907 bits per heavy atom. The summed E-state index contributed by atoms with van der Waals surface area (Å²) in [5.74, 6) is 1.20. The van der Waals surface area contributed by atoms with Gasteiger partial charge in [-0.25, -0.2) is 25.5 Å². The summed E-state index contributed by atoms with van der Waals surface area (Å²) in [5, 5.41) is 23.3. The van der Waals surface area contributed by atoms with Crippen LogP contribution in [0.3, 0.4) is 0 Å². The van der Waals surface area contributed by atoms with Gasteiger partial charge < -0.3 is 23.0 Å². The van der Waals surface area contributed by atoms with Crippen molar-refractivity contribution in [2.24, 2.45) is 0 Å². The smallest absolute Gasteiger partial charge is 0.449 e. The monoisotopic (exact) mass is 713 g/mol. The first-order chi connectivity index (χ1) is 19.9. The van der Waals surface area contributed by atoms with E-state index in [1.165, 1.54) is 5.82 Å². The van der Waals surface area contributed by atoms with Gasteiger partial charge in [0.25, 0.3) is 7.12 Å². The maximum atomic E-state index is 4.66. The molecule has 5 aromatic rings. The van der Waals surface area contributed by atoms with Gasteiger partial charge >= 0.3 is 40.4 Å². The minimum Gasteiger partial charge on any atom is -0.449 e. The molecule has 0 unspecified atom stereocenters. The van der Waals surface area contributed by atoms with Gasteiger partial charge in [-0.3, -0.25) is 0 Å². The molecule has 1 saturated carbocycles. The van der Waals surface area contributed by atoms with Crippen molar-refractivity contribution in [3.63, 3.8) is 0 Å². The van der Waals surface area contributed by atoms with Crippen molar-refractivity contribution in [1.29, 1.82) is 0 Å². The zero-order valence-electron chi connectivity index (χ0n) is 26.7. The second-order valence-electron chi connectivity index (χ2n) is 11.3. The molecule has 10 nitrogen and oxygen atoms in total. The molecule has 0 aromatic carbocycles. The molecule has 6 rings (SSSR count). The van der Waals surface area contributed by atoms with Crippen LogP contribution in [0.1, 0.15) is 56.9 Å². The summed E-state index contributed by atoms with van der Waals surface area (Å²) in [6.07, 6.45) is 8.36. The van der Waals surface area contributed by atoms with Crippen LogP contribution >= 0.6 is 0 Å². The second-order valence-corrected chi connectivity index (χ2v) is 11.3. The van der Waals surface area contributed by atoms with Gasteiger partial charge in [-0.05, 0) is 141 Å². The summed E-state index contributed by atoms with van der Waals surface area (Å²) >= 11 is 0. The fourth-order valence-electron chi connectivity index (χ4n) is 5.68. The fourth-order valence-corrected chi connectivity index (χ4v) is 5.68. The van der Waals surface area contributed by atoms with Crippen LogP contribution in [0.15, 0.2) is 30.3 Å². The molecule has 0 aliphatic heterocycles. The molecule has 1 fully saturated rings. The van der Waals surface area contributed by atoms with Crippen molar-refractivity contribution < 1.29 is 40.4 Å². The van der Waals surface area contributed by atoms with Gasteiger partial charge in [0.15, 0.2) is 0 Å². The fraction of sp³-hybridized carbons (Fsp3) is 0.333. The Labute approximate surface area is 289 Å². The molecule has 0 saturated heterocycles. The number of aryl methyl sites for hydroxylation is 10. The average Bonchev–Trinajstić information content (AvgIpc) is 3.74. The van der Waals surface area contributed by atoms with Crippen LogP contribution in [0.25, 0.3) is 0 Å². The quantitative estimate of drug-likeness (QED) is 0.247. The Kier molecular flexibility index (Phi) is 10.6. The Hall–Kier alpha value is -2.48. The molecule has 220 valence electrons. The number of nitrogens with zero attached hydrogens (tertiary/aromatic N) is 10. The first-order valence-corrected chi connectivity index (χ1v) is 14.3. The maximum Gasteiger partial charge on any atom is 3.00 e. The van der Waals surface area contributed by atoms with Gasteiger partial charge in [0.05, 0.1) is 28.5 Å². The molecule has 5 aromatic heterocycles. The number of aromatic nitrogens is 10. The Morgan fingerprint density at radius 1 is 0.419 bits per heavy atom. The van der Waals surface area contributed by atoms with Crippen LogP contribution in [-0.2, 0) is 0 Å². The first-order valence-electron chi connectivity index (χ1n) is 14.3. The van der Waals surface area contributed by atoms with E-state index in [0.29, 0.717) is 0 Å². The molecule has 0 amide bonds. The molecule has 1 aliphatic carbocycles. The van der Waals surface area contributed by atoms with E-state index >= 15 is 0 Å². The molecule has 0 spiro atoms. The van der Waals surface area contributed by atoms with Crippen molar-refractivity contribution in [2.45, 2.75) is 69.2 Å². The summed E-state index contributed by atoms with van der Waals surface area (Å²) < 4.78 is 10.0. The number of hydrogen-bond acceptors (Lipinski definition) is 5. The summed E-state index contributed by atoms with van der Waals surface area (Å²) in [5.41, 5.74) is 10.6. The Bertz CT molecular complexity index is 1530. The molecule has 5 heterocycles. The van der Waals surface area contributed by atoms with E-state index in [0.717, 1.165) is 56.9 Å². The third-order valence-corrected chi connectivity index (χ3v) is 7.33. The average molecular weight is 712 g/mol. The molecular weight excluding hydrogens is 672 g/mol. The van der Waals surface area contributed by atoms with Crippen LogP contribution in [0.5, 0.6) is 0 Å². The van der Waals surface area contributed by atoms with E-state index in [-0.39, 0.29) is 54.5 Å². The van der Waals surface area contributed by atoms with Gasteiger partial charge in [-0.1, -0.05) is 12.8 Å². The van der Waals surface area contributed by atoms with Gasteiger partial charge in [-0.2, -0.15) is 5.82 Å². The van der Waals surface area contributed by atoms with Crippen LogP contribution < -0.4 is 0 Å². The van der Waals surface area contributed by atoms with Crippen molar-refractivity contribution in [3.8, 4) is 0 Å². The maximum absolute atomic E-state index is 4.66. The SMILES string of the molecule is Cc1cc(C)n([B-]([C]2[CH][CH][CH][CH]2)n2nc(C)cc2C)n1.Cc1cc(C)n([B-](n2nc(C)cc2C)n2nc(C)cc2C)n1.[Sm+3]. The van der Waals surface area contributed by atoms with Gasteiger partial charge in [0.2, 0.25) is 0 Å². The molecule has 0 atom stereocenters. The van der Waals surface area contributed by atoms with Crippen molar-refractivity contribution >= 4 is 14.1 Å². The number of rotatable bonds is 6. The minimum atomic E-state index is -0.226. The predicted molar refractivity (Wildman–Crippen MR) is 167 cm³/mol. The predicted octanol–water partition coefficient (Wildman–Crippen LogP) is 4.20. The number of hydrogen-bond donors (Lipinski definition) is 0. The normalized spacial score (nSPS) is 13.6. The van der Waals surface area contributed by atoms with E-state index in [9.17, 15) is 0 Å². The van der Waals surface area contributed by atoms with E-state index < -0.39 is 0 Å². The Balaban J connectivity index is 0.000000193. The van der Waals surface area contributed by atoms with Crippen LogP contribution in [-0.4, -0.2) is 62.6 Å². The zero-order valence-corrected chi connectivity index (χ0v) is 29.4. The van der Waals surface area contributed by atoms with Crippen molar-refractivity contribution in [1.82, 2.24) is 48.5 Å². The van der Waals surface area contributed by atoms with E-state index in [1.54, 1.807) is 0 Å². The van der Waals surface area contributed by atoms with Crippen LogP contribution in [0.2, 0.25) is 0 Å². The van der Waals surface area contributed by atoms with E-state index in [4.69, 9.17) is 0 Å². The van der Waals surface area contributed by atoms with Gasteiger partial charge in [-0.15, -0.1) is 0 Å². The summed E-state index contributed by atoms with van der Waals surface area (Å²) in [6, 6.07) is 10.4. The minimum absolute atomic E-state index is 0. The van der Waals surface area contributed by atoms with E-state index in [1.807, 2.05) is 57.6 Å². The second kappa shape index (κ2) is 13.7. The molecule has 1 aliphatic rings. The summed E-state index contributed by atoms with van der Waals surface area (Å²) in [4.78, 5) is 0. The molecule has 43 heavy (non-hydrogen) atoms. The summed E-state index contributed by atoms with van der Waals surface area (Å²) in [6.45, 7) is 20.4. The first kappa shape index (κ1) is 33.4.